The Morgan fingerprint density at radius 3 is 2.24 bits per heavy atom. The summed E-state index contributed by atoms with van der Waals surface area (Å²) in [5, 5.41) is 2.63. The molecule has 2 aromatic carbocycles. The zero-order valence-electron chi connectivity index (χ0n) is 11.8. The number of hydrogen-bond acceptors (Lipinski definition) is 3. The first-order valence-corrected chi connectivity index (χ1v) is 6.67. The van der Waals surface area contributed by atoms with Gasteiger partial charge in [0.2, 0.25) is 5.78 Å². The zero-order chi connectivity index (χ0) is 15.1. The molecule has 21 heavy (non-hydrogen) atoms. The molecule has 0 saturated heterocycles. The van der Waals surface area contributed by atoms with Gasteiger partial charge in [0.1, 0.15) is 5.75 Å². The summed E-state index contributed by atoms with van der Waals surface area (Å²) in [6, 6.07) is 16.5. The predicted octanol–water partition coefficient (Wildman–Crippen LogP) is 2.12. The first-order chi connectivity index (χ1) is 10.2. The average molecular weight is 283 g/mol. The van der Waals surface area contributed by atoms with Gasteiger partial charge in [-0.1, -0.05) is 42.5 Å². The molecule has 0 fully saturated rings. The molecule has 2 rings (SSSR count). The van der Waals surface area contributed by atoms with Crippen LogP contribution in [0.5, 0.6) is 5.75 Å². The number of rotatable bonds is 6. The second-order valence-corrected chi connectivity index (χ2v) is 4.62. The van der Waals surface area contributed by atoms with Crippen molar-refractivity contribution in [3.8, 4) is 5.75 Å². The van der Waals surface area contributed by atoms with Crippen molar-refractivity contribution in [3.05, 3.63) is 65.7 Å². The molecule has 0 aliphatic carbocycles. The fourth-order valence-electron chi connectivity index (χ4n) is 1.89. The molecule has 0 saturated carbocycles. The first kappa shape index (κ1) is 14.8. The molecule has 0 aromatic heterocycles. The van der Waals surface area contributed by atoms with E-state index in [1.54, 1.807) is 7.11 Å². The van der Waals surface area contributed by atoms with E-state index in [1.165, 1.54) is 0 Å². The van der Waals surface area contributed by atoms with Crippen molar-refractivity contribution in [3.63, 3.8) is 0 Å². The van der Waals surface area contributed by atoms with Gasteiger partial charge in [0.05, 0.1) is 7.11 Å². The lowest BCUT2D eigenvalue weighted by molar-refractivity contribution is -0.137. The minimum atomic E-state index is -0.560. The van der Waals surface area contributed by atoms with Crippen LogP contribution in [-0.2, 0) is 22.6 Å². The Kier molecular flexibility index (Phi) is 5.10. The summed E-state index contributed by atoms with van der Waals surface area (Å²) < 4.78 is 5.06. The Hall–Kier alpha value is -2.62. The van der Waals surface area contributed by atoms with Crippen LogP contribution in [0.2, 0.25) is 0 Å². The van der Waals surface area contributed by atoms with Gasteiger partial charge in [-0.05, 0) is 23.3 Å². The summed E-state index contributed by atoms with van der Waals surface area (Å²) in [6.07, 6.45) is 0.120. The maximum Gasteiger partial charge on any atom is 0.287 e. The number of ketones is 1. The lowest BCUT2D eigenvalue weighted by atomic mass is 10.1. The lowest BCUT2D eigenvalue weighted by Crippen LogP contribution is -2.31. The minimum absolute atomic E-state index is 0.120. The van der Waals surface area contributed by atoms with Crippen LogP contribution in [0.4, 0.5) is 0 Å². The molecule has 4 nitrogen and oxygen atoms in total. The third kappa shape index (κ3) is 4.45. The number of ether oxygens (including phenoxy) is 1. The van der Waals surface area contributed by atoms with Gasteiger partial charge in [0.15, 0.2) is 0 Å². The van der Waals surface area contributed by atoms with Crippen LogP contribution in [0.25, 0.3) is 0 Å². The van der Waals surface area contributed by atoms with Gasteiger partial charge in [0, 0.05) is 13.0 Å². The second-order valence-electron chi connectivity index (χ2n) is 4.62. The van der Waals surface area contributed by atoms with E-state index in [0.717, 1.165) is 16.9 Å². The highest BCUT2D eigenvalue weighted by molar-refractivity contribution is 6.36. The fourth-order valence-corrected chi connectivity index (χ4v) is 1.89. The van der Waals surface area contributed by atoms with Gasteiger partial charge in [-0.2, -0.15) is 0 Å². The number of Topliss-reactive ketones (excluding diaryl/α,β-unsaturated/α-hetero) is 1. The van der Waals surface area contributed by atoms with Gasteiger partial charge in [-0.25, -0.2) is 0 Å². The quantitative estimate of drug-likeness (QED) is 0.826. The normalized spacial score (nSPS) is 9.95. The van der Waals surface area contributed by atoms with Crippen LogP contribution in [0.1, 0.15) is 11.1 Å². The third-order valence-electron chi connectivity index (χ3n) is 3.07. The van der Waals surface area contributed by atoms with Crippen LogP contribution >= 0.6 is 0 Å². The first-order valence-electron chi connectivity index (χ1n) is 6.67. The van der Waals surface area contributed by atoms with Crippen molar-refractivity contribution in [1.29, 1.82) is 0 Å². The molecule has 0 unspecified atom stereocenters. The number of hydrogen-bond donors (Lipinski definition) is 1. The monoisotopic (exact) mass is 283 g/mol. The molecule has 0 heterocycles. The topological polar surface area (TPSA) is 55.4 Å². The summed E-state index contributed by atoms with van der Waals surface area (Å²) in [4.78, 5) is 23.6. The second kappa shape index (κ2) is 7.24. The Morgan fingerprint density at radius 1 is 0.952 bits per heavy atom. The van der Waals surface area contributed by atoms with E-state index in [9.17, 15) is 9.59 Å². The Bertz CT molecular complexity index is 606. The number of nitrogens with one attached hydrogen (secondary N) is 1. The van der Waals surface area contributed by atoms with E-state index in [-0.39, 0.29) is 6.42 Å². The van der Waals surface area contributed by atoms with Gasteiger partial charge in [0.25, 0.3) is 5.91 Å². The Labute approximate surface area is 123 Å². The summed E-state index contributed by atoms with van der Waals surface area (Å²) >= 11 is 0. The highest BCUT2D eigenvalue weighted by Crippen LogP contribution is 2.10. The smallest absolute Gasteiger partial charge is 0.287 e. The number of carbonyl (C=O) groups is 2. The van der Waals surface area contributed by atoms with E-state index in [1.807, 2.05) is 54.6 Å². The molecular formula is C17H17NO3. The molecule has 0 atom stereocenters. The van der Waals surface area contributed by atoms with E-state index < -0.39 is 11.7 Å². The molecule has 1 N–H and O–H groups in total. The maximum absolute atomic E-state index is 11.8. The van der Waals surface area contributed by atoms with E-state index in [2.05, 4.69) is 5.32 Å². The minimum Gasteiger partial charge on any atom is -0.497 e. The molecule has 2 aromatic rings. The van der Waals surface area contributed by atoms with Gasteiger partial charge >= 0.3 is 0 Å². The van der Waals surface area contributed by atoms with Crippen LogP contribution in [0.3, 0.4) is 0 Å². The van der Waals surface area contributed by atoms with E-state index in [0.29, 0.717) is 6.54 Å². The molecule has 4 heteroatoms. The molecule has 0 spiro atoms. The predicted molar refractivity (Wildman–Crippen MR) is 80.0 cm³/mol. The Balaban J connectivity index is 1.84. The zero-order valence-corrected chi connectivity index (χ0v) is 11.8. The van der Waals surface area contributed by atoms with Crippen LogP contribution in [-0.4, -0.2) is 18.8 Å². The van der Waals surface area contributed by atoms with Crippen molar-refractivity contribution >= 4 is 11.7 Å². The summed E-state index contributed by atoms with van der Waals surface area (Å²) in [5.74, 6) is -0.241. The number of carbonyl (C=O) groups excluding carboxylic acids is 2. The van der Waals surface area contributed by atoms with Gasteiger partial charge in [-0.3, -0.25) is 9.59 Å². The van der Waals surface area contributed by atoms with Crippen molar-refractivity contribution in [2.75, 3.05) is 7.11 Å². The lowest BCUT2D eigenvalue weighted by Gasteiger charge is -2.06. The molecule has 0 aliphatic rings. The SMILES string of the molecule is COc1ccc(CNC(=O)C(=O)Cc2ccccc2)cc1. The molecule has 1 amide bonds. The maximum atomic E-state index is 11.8. The van der Waals surface area contributed by atoms with Crippen molar-refractivity contribution in [2.24, 2.45) is 0 Å². The molecule has 0 radical (unpaired) electrons. The molecule has 0 bridgehead atoms. The molecule has 0 aliphatic heterocycles. The Morgan fingerprint density at radius 2 is 1.62 bits per heavy atom. The van der Waals surface area contributed by atoms with Crippen molar-refractivity contribution in [2.45, 2.75) is 13.0 Å². The fraction of sp³-hybridized carbons (Fsp3) is 0.176. The number of benzene rings is 2. The molecular weight excluding hydrogens is 266 g/mol. The summed E-state index contributed by atoms with van der Waals surface area (Å²) in [6.45, 7) is 0.323. The average Bonchev–Trinajstić information content (AvgIpc) is 2.54. The van der Waals surface area contributed by atoms with Gasteiger partial charge in [-0.15, -0.1) is 0 Å². The van der Waals surface area contributed by atoms with Crippen LogP contribution < -0.4 is 10.1 Å². The van der Waals surface area contributed by atoms with Crippen LogP contribution in [0.15, 0.2) is 54.6 Å². The molecule has 108 valence electrons. The largest absolute Gasteiger partial charge is 0.497 e. The number of amides is 1. The summed E-state index contributed by atoms with van der Waals surface area (Å²) in [7, 11) is 1.60. The highest BCUT2D eigenvalue weighted by Gasteiger charge is 2.13. The van der Waals surface area contributed by atoms with Gasteiger partial charge < -0.3 is 10.1 Å². The summed E-state index contributed by atoms with van der Waals surface area (Å²) in [5.41, 5.74) is 1.75. The van der Waals surface area contributed by atoms with E-state index in [4.69, 9.17) is 4.74 Å². The van der Waals surface area contributed by atoms with E-state index >= 15 is 0 Å². The van der Waals surface area contributed by atoms with Crippen molar-refractivity contribution in [1.82, 2.24) is 5.32 Å². The third-order valence-corrected chi connectivity index (χ3v) is 3.07. The standard InChI is InChI=1S/C17H17NO3/c1-21-15-9-7-14(8-10-15)12-18-17(20)16(19)11-13-5-3-2-4-6-13/h2-10H,11-12H2,1H3,(H,18,20). The highest BCUT2D eigenvalue weighted by atomic mass is 16.5. The van der Waals surface area contributed by atoms with Crippen LogP contribution in [0, 0.1) is 0 Å². The number of methoxy groups -OCH3 is 1. The van der Waals surface area contributed by atoms with Crippen molar-refractivity contribution < 1.29 is 14.3 Å².